The summed E-state index contributed by atoms with van der Waals surface area (Å²) in [6.45, 7) is 3.99. The van der Waals surface area contributed by atoms with Gasteiger partial charge in [-0.1, -0.05) is 15.9 Å². The second-order valence-corrected chi connectivity index (χ2v) is 8.80. The Bertz CT molecular complexity index is 864. The lowest BCUT2D eigenvalue weighted by molar-refractivity contribution is 0.313. The summed E-state index contributed by atoms with van der Waals surface area (Å²) >= 11 is 3.30. The molecule has 6 nitrogen and oxygen atoms in total. The lowest BCUT2D eigenvalue weighted by atomic mass is 10.2. The van der Waals surface area contributed by atoms with Crippen molar-refractivity contribution in [3.63, 3.8) is 0 Å². The van der Waals surface area contributed by atoms with Gasteiger partial charge in [-0.3, -0.25) is 4.72 Å². The van der Waals surface area contributed by atoms with Crippen LogP contribution in [-0.2, 0) is 10.0 Å². The Balaban J connectivity index is 1.77. The van der Waals surface area contributed by atoms with Crippen LogP contribution in [0.15, 0.2) is 51.8 Å². The van der Waals surface area contributed by atoms with Gasteiger partial charge in [0.1, 0.15) is 10.6 Å². The zero-order chi connectivity index (χ0) is 18.7. The number of methoxy groups -OCH3 is 1. The van der Waals surface area contributed by atoms with Gasteiger partial charge in [-0.25, -0.2) is 8.42 Å². The van der Waals surface area contributed by atoms with Crippen LogP contribution in [0.3, 0.4) is 0 Å². The molecule has 0 aliphatic carbocycles. The normalized spacial score (nSPS) is 15.7. The standard InChI is InChI=1S/C18H22BrN3O3S/c1-21-9-11-22(12-10-21)16-6-4-15(5-7-16)20-26(23,24)18-13-14(19)3-8-17(18)25-2/h3-8,13,20H,9-12H2,1-2H3. The van der Waals surface area contributed by atoms with Crippen molar-refractivity contribution in [3.05, 3.63) is 46.9 Å². The lowest BCUT2D eigenvalue weighted by Crippen LogP contribution is -2.44. The fourth-order valence-electron chi connectivity index (χ4n) is 2.88. The van der Waals surface area contributed by atoms with Crippen LogP contribution in [-0.4, -0.2) is 53.7 Å². The quantitative estimate of drug-likeness (QED) is 0.775. The number of rotatable bonds is 5. The molecule has 0 atom stereocenters. The molecule has 0 amide bonds. The highest BCUT2D eigenvalue weighted by Gasteiger charge is 2.20. The molecule has 1 saturated heterocycles. The fourth-order valence-corrected chi connectivity index (χ4v) is 4.64. The summed E-state index contributed by atoms with van der Waals surface area (Å²) in [7, 11) is -0.181. The Hall–Kier alpha value is -1.77. The van der Waals surface area contributed by atoms with E-state index in [1.165, 1.54) is 13.2 Å². The number of anilines is 2. The first kappa shape index (κ1) is 19.0. The van der Waals surface area contributed by atoms with E-state index in [2.05, 4.69) is 37.5 Å². The molecule has 0 unspecified atom stereocenters. The van der Waals surface area contributed by atoms with Crippen molar-refractivity contribution in [2.45, 2.75) is 4.90 Å². The molecule has 1 aliphatic heterocycles. The van der Waals surface area contributed by atoms with Crippen molar-refractivity contribution in [2.24, 2.45) is 0 Å². The average Bonchev–Trinajstić information content (AvgIpc) is 2.63. The van der Waals surface area contributed by atoms with Crippen LogP contribution in [0.5, 0.6) is 5.75 Å². The van der Waals surface area contributed by atoms with Crippen LogP contribution in [0.4, 0.5) is 11.4 Å². The van der Waals surface area contributed by atoms with Crippen molar-refractivity contribution in [1.82, 2.24) is 4.90 Å². The monoisotopic (exact) mass is 439 g/mol. The average molecular weight is 440 g/mol. The number of likely N-dealkylation sites (N-methyl/N-ethyl adjacent to an activating group) is 1. The number of nitrogens with zero attached hydrogens (tertiary/aromatic N) is 2. The minimum atomic E-state index is -3.75. The minimum Gasteiger partial charge on any atom is -0.495 e. The van der Waals surface area contributed by atoms with Gasteiger partial charge in [0.15, 0.2) is 0 Å². The Morgan fingerprint density at radius 2 is 1.69 bits per heavy atom. The molecule has 1 heterocycles. The molecular formula is C18H22BrN3O3S. The first-order chi connectivity index (χ1) is 12.4. The molecule has 0 bridgehead atoms. The summed E-state index contributed by atoms with van der Waals surface area (Å²) in [5.41, 5.74) is 1.62. The van der Waals surface area contributed by atoms with E-state index in [0.717, 1.165) is 31.9 Å². The van der Waals surface area contributed by atoms with E-state index < -0.39 is 10.0 Å². The molecule has 26 heavy (non-hydrogen) atoms. The summed E-state index contributed by atoms with van der Waals surface area (Å²) in [5, 5.41) is 0. The lowest BCUT2D eigenvalue weighted by Gasteiger charge is -2.34. The molecular weight excluding hydrogens is 418 g/mol. The Morgan fingerprint density at radius 1 is 1.04 bits per heavy atom. The number of hydrogen-bond donors (Lipinski definition) is 1. The maximum absolute atomic E-state index is 12.7. The molecule has 8 heteroatoms. The molecule has 0 radical (unpaired) electrons. The van der Waals surface area contributed by atoms with Crippen molar-refractivity contribution in [1.29, 1.82) is 0 Å². The molecule has 1 N–H and O–H groups in total. The van der Waals surface area contributed by atoms with Gasteiger partial charge >= 0.3 is 0 Å². The van der Waals surface area contributed by atoms with Crippen molar-refractivity contribution in [3.8, 4) is 5.75 Å². The van der Waals surface area contributed by atoms with Crippen LogP contribution in [0.2, 0.25) is 0 Å². The SMILES string of the molecule is COc1ccc(Br)cc1S(=O)(=O)Nc1ccc(N2CCN(C)CC2)cc1. The summed E-state index contributed by atoms with van der Waals surface area (Å²) in [4.78, 5) is 4.69. The third-order valence-electron chi connectivity index (χ3n) is 4.40. The maximum atomic E-state index is 12.7. The largest absolute Gasteiger partial charge is 0.495 e. The smallest absolute Gasteiger partial charge is 0.265 e. The van der Waals surface area contributed by atoms with E-state index >= 15 is 0 Å². The van der Waals surface area contributed by atoms with Crippen LogP contribution in [0.1, 0.15) is 0 Å². The number of hydrogen-bond acceptors (Lipinski definition) is 5. The highest BCUT2D eigenvalue weighted by Crippen LogP contribution is 2.29. The zero-order valence-corrected chi connectivity index (χ0v) is 17.2. The topological polar surface area (TPSA) is 61.9 Å². The van der Waals surface area contributed by atoms with Gasteiger partial charge in [0, 0.05) is 42.0 Å². The Kier molecular flexibility index (Phi) is 5.74. The van der Waals surface area contributed by atoms with E-state index in [4.69, 9.17) is 4.74 Å². The number of ether oxygens (including phenoxy) is 1. The second kappa shape index (κ2) is 7.85. The highest BCUT2D eigenvalue weighted by atomic mass is 79.9. The van der Waals surface area contributed by atoms with E-state index in [9.17, 15) is 8.42 Å². The van der Waals surface area contributed by atoms with Gasteiger partial charge in [-0.05, 0) is 49.5 Å². The van der Waals surface area contributed by atoms with Gasteiger partial charge in [0.2, 0.25) is 0 Å². The summed E-state index contributed by atoms with van der Waals surface area (Å²) < 4.78 is 33.9. The van der Waals surface area contributed by atoms with Gasteiger partial charge in [-0.15, -0.1) is 0 Å². The zero-order valence-electron chi connectivity index (χ0n) is 14.8. The van der Waals surface area contributed by atoms with Gasteiger partial charge in [0.05, 0.1) is 7.11 Å². The molecule has 140 valence electrons. The number of nitrogens with one attached hydrogen (secondary N) is 1. The molecule has 1 aliphatic rings. The van der Waals surface area contributed by atoms with Crippen LogP contribution in [0.25, 0.3) is 0 Å². The fraction of sp³-hybridized carbons (Fsp3) is 0.333. The summed E-state index contributed by atoms with van der Waals surface area (Å²) in [6.07, 6.45) is 0. The van der Waals surface area contributed by atoms with Crippen LogP contribution < -0.4 is 14.4 Å². The van der Waals surface area contributed by atoms with Crippen molar-refractivity contribution < 1.29 is 13.2 Å². The van der Waals surface area contributed by atoms with E-state index in [-0.39, 0.29) is 4.90 Å². The third-order valence-corrected chi connectivity index (χ3v) is 6.30. The molecule has 3 rings (SSSR count). The minimum absolute atomic E-state index is 0.0949. The Labute approximate surface area is 162 Å². The summed E-state index contributed by atoms with van der Waals surface area (Å²) in [5.74, 6) is 0.301. The van der Waals surface area contributed by atoms with Crippen LogP contribution >= 0.6 is 15.9 Å². The number of piperazine rings is 1. The van der Waals surface area contributed by atoms with Crippen LogP contribution in [0, 0.1) is 0 Å². The number of sulfonamides is 1. The van der Waals surface area contributed by atoms with E-state index in [1.807, 2.05) is 12.1 Å². The molecule has 0 spiro atoms. The van der Waals surface area contributed by atoms with E-state index in [0.29, 0.717) is 15.9 Å². The number of benzene rings is 2. The predicted octanol–water partition coefficient (Wildman–Crippen LogP) is 3.01. The highest BCUT2D eigenvalue weighted by molar-refractivity contribution is 9.10. The first-order valence-electron chi connectivity index (χ1n) is 8.29. The van der Waals surface area contributed by atoms with Gasteiger partial charge < -0.3 is 14.5 Å². The van der Waals surface area contributed by atoms with Gasteiger partial charge in [-0.2, -0.15) is 0 Å². The number of halogens is 1. The van der Waals surface area contributed by atoms with Crippen molar-refractivity contribution in [2.75, 3.05) is 50.0 Å². The Morgan fingerprint density at radius 3 is 2.31 bits per heavy atom. The van der Waals surface area contributed by atoms with Crippen molar-refractivity contribution >= 4 is 37.3 Å². The maximum Gasteiger partial charge on any atom is 0.265 e. The van der Waals surface area contributed by atoms with Gasteiger partial charge in [0.25, 0.3) is 10.0 Å². The molecule has 2 aromatic carbocycles. The molecule has 1 fully saturated rings. The first-order valence-corrected chi connectivity index (χ1v) is 10.6. The molecule has 2 aromatic rings. The predicted molar refractivity (Wildman–Crippen MR) is 108 cm³/mol. The third kappa shape index (κ3) is 4.31. The molecule has 0 aromatic heterocycles. The second-order valence-electron chi connectivity index (χ2n) is 6.24. The van der Waals surface area contributed by atoms with E-state index in [1.54, 1.807) is 24.3 Å². The summed E-state index contributed by atoms with van der Waals surface area (Å²) in [6, 6.07) is 12.4. The molecule has 0 saturated carbocycles.